The number of benzene rings is 1. The molecule has 0 unspecified atom stereocenters. The summed E-state index contributed by atoms with van der Waals surface area (Å²) >= 11 is 0. The number of phenols is 1. The number of aliphatic hydroxyl groups is 4. The normalized spacial score (nSPS) is 37.5. The first-order valence-corrected chi connectivity index (χ1v) is 10.6. The highest BCUT2D eigenvalue weighted by molar-refractivity contribution is 6.25. The third kappa shape index (κ3) is 2.72. The fourth-order valence-electron chi connectivity index (χ4n) is 6.25. The van der Waals surface area contributed by atoms with Gasteiger partial charge in [-0.2, -0.15) is 0 Å². The quantitative estimate of drug-likeness (QED) is 0.296. The summed E-state index contributed by atoms with van der Waals surface area (Å²) < 4.78 is 0. The number of fused-ring (bicyclic) bond motifs is 3. The lowest BCUT2D eigenvalue weighted by molar-refractivity contribution is -0.200. The summed E-state index contributed by atoms with van der Waals surface area (Å²) in [6, 6.07) is 3.35. The minimum Gasteiger partial charge on any atom is -0.507 e. The molecular weight excluding hydrogens is 432 g/mol. The molecule has 3 aliphatic rings. The molecule has 0 bridgehead atoms. The van der Waals surface area contributed by atoms with E-state index in [0.29, 0.717) is 5.56 Å². The molecule has 178 valence electrons. The molecule has 3 aliphatic carbocycles. The van der Waals surface area contributed by atoms with Crippen LogP contribution in [-0.2, 0) is 19.8 Å². The molecule has 2 saturated carbocycles. The zero-order valence-electron chi connectivity index (χ0n) is 18.7. The molecule has 4 rings (SSSR count). The number of nitrogens with zero attached hydrogens (tertiary/aromatic N) is 1. The maximum atomic E-state index is 13.8. The van der Waals surface area contributed by atoms with Crippen LogP contribution in [0.4, 0.5) is 0 Å². The zero-order chi connectivity index (χ0) is 24.8. The van der Waals surface area contributed by atoms with Crippen molar-refractivity contribution in [2.45, 2.75) is 43.1 Å². The van der Waals surface area contributed by atoms with Crippen molar-refractivity contribution in [3.8, 4) is 5.75 Å². The van der Waals surface area contributed by atoms with Gasteiger partial charge in [0.1, 0.15) is 17.4 Å². The first-order valence-electron chi connectivity index (χ1n) is 10.6. The van der Waals surface area contributed by atoms with Crippen molar-refractivity contribution in [1.29, 1.82) is 0 Å². The van der Waals surface area contributed by atoms with Gasteiger partial charge in [0.25, 0.3) is 0 Å². The summed E-state index contributed by atoms with van der Waals surface area (Å²) in [7, 11) is 3.03. The first kappa shape index (κ1) is 23.4. The van der Waals surface area contributed by atoms with Crippen molar-refractivity contribution in [1.82, 2.24) is 4.90 Å². The van der Waals surface area contributed by atoms with Crippen LogP contribution in [0.2, 0.25) is 0 Å². The van der Waals surface area contributed by atoms with Crippen LogP contribution < -0.4 is 5.73 Å². The number of amides is 1. The number of carbonyl (C=O) groups excluding carboxylic acids is 3. The van der Waals surface area contributed by atoms with Gasteiger partial charge in [-0.05, 0) is 25.7 Å². The Morgan fingerprint density at radius 3 is 2.24 bits per heavy atom. The summed E-state index contributed by atoms with van der Waals surface area (Å²) in [4.78, 5) is 40.6. The maximum absolute atomic E-state index is 13.8. The number of hydrogen-bond donors (Lipinski definition) is 6. The third-order valence-corrected chi connectivity index (χ3v) is 7.72. The predicted molar refractivity (Wildman–Crippen MR) is 115 cm³/mol. The lowest BCUT2D eigenvalue weighted by Gasteiger charge is -2.58. The largest absolute Gasteiger partial charge is 0.507 e. The Morgan fingerprint density at radius 1 is 1.09 bits per heavy atom. The van der Waals surface area contributed by atoms with Crippen LogP contribution in [0.5, 0.6) is 5.75 Å². The topological polar surface area (TPSA) is 182 Å². The van der Waals surface area contributed by atoms with E-state index in [1.165, 1.54) is 25.1 Å². The second-order valence-corrected chi connectivity index (χ2v) is 9.96. The molecule has 1 amide bonds. The second kappa shape index (κ2) is 7.10. The van der Waals surface area contributed by atoms with Crippen LogP contribution in [0.3, 0.4) is 0 Å². The van der Waals surface area contributed by atoms with Crippen molar-refractivity contribution in [3.63, 3.8) is 0 Å². The van der Waals surface area contributed by atoms with Crippen LogP contribution in [0, 0.1) is 17.8 Å². The van der Waals surface area contributed by atoms with Gasteiger partial charge in [0.05, 0.1) is 17.8 Å². The van der Waals surface area contributed by atoms with Crippen LogP contribution in [0.15, 0.2) is 23.8 Å². The Hall–Kier alpha value is -2.79. The number of hydrogen-bond acceptors (Lipinski definition) is 9. The number of Topliss-reactive ketones (excluding diaryl/α,β-unsaturated/α-hetero) is 2. The van der Waals surface area contributed by atoms with Gasteiger partial charge in [-0.15, -0.1) is 0 Å². The minimum atomic E-state index is -2.93. The number of phenolic OH excluding ortho intramolecular Hbond substituents is 1. The van der Waals surface area contributed by atoms with Gasteiger partial charge in [-0.1, -0.05) is 26.0 Å². The van der Waals surface area contributed by atoms with Gasteiger partial charge in [0.15, 0.2) is 11.4 Å². The lowest BCUT2D eigenvalue weighted by Crippen LogP contribution is -2.77. The average Bonchev–Trinajstić information content (AvgIpc) is 2.70. The smallest absolute Gasteiger partial charge is 0.230 e. The number of aromatic hydroxyl groups is 1. The maximum Gasteiger partial charge on any atom is 0.230 e. The summed E-state index contributed by atoms with van der Waals surface area (Å²) in [5.41, 5.74) is 1.40. The Kier molecular flexibility index (Phi) is 5.03. The highest BCUT2D eigenvalue weighted by Crippen LogP contribution is 2.57. The fraction of sp³-hybridized carbons (Fsp3) is 0.522. The van der Waals surface area contributed by atoms with Gasteiger partial charge in [0.2, 0.25) is 11.7 Å². The van der Waals surface area contributed by atoms with E-state index in [9.17, 15) is 39.9 Å². The monoisotopic (exact) mass is 460 g/mol. The van der Waals surface area contributed by atoms with Crippen molar-refractivity contribution < 1.29 is 39.9 Å². The lowest BCUT2D eigenvalue weighted by atomic mass is 9.49. The highest BCUT2D eigenvalue weighted by Gasteiger charge is 2.72. The van der Waals surface area contributed by atoms with Crippen molar-refractivity contribution in [2.24, 2.45) is 23.5 Å². The molecule has 0 spiro atoms. The molecule has 1 aromatic rings. The Labute approximate surface area is 189 Å². The average molecular weight is 460 g/mol. The molecule has 0 aliphatic heterocycles. The van der Waals surface area contributed by atoms with Crippen LogP contribution in [0.1, 0.15) is 25.0 Å². The SMILES string of the molecule is CN(C)[C@@H]1[C@@H](O)[C@@H](C(N)=O)C(=O)[C@@]2(O)C(=O)C3=C(O)c4c(O)cccc4C(C)(C)[C@H]3[C@H](O)[C@@H]12. The molecule has 7 atom stereocenters. The van der Waals surface area contributed by atoms with Crippen molar-refractivity contribution >= 4 is 23.2 Å². The van der Waals surface area contributed by atoms with Crippen LogP contribution in [-0.4, -0.2) is 85.9 Å². The van der Waals surface area contributed by atoms with Crippen LogP contribution in [0.25, 0.3) is 5.76 Å². The summed E-state index contributed by atoms with van der Waals surface area (Å²) in [6.45, 7) is 3.42. The molecular formula is C23H28N2O8. The number of likely N-dealkylation sites (N-methyl/N-ethyl adjacent to an activating group) is 1. The molecule has 10 heteroatoms. The van der Waals surface area contributed by atoms with E-state index in [2.05, 4.69) is 0 Å². The second-order valence-electron chi connectivity index (χ2n) is 9.96. The van der Waals surface area contributed by atoms with E-state index in [0.717, 1.165) is 0 Å². The van der Waals surface area contributed by atoms with Gasteiger partial charge in [-0.25, -0.2) is 0 Å². The molecule has 0 saturated heterocycles. The molecule has 10 nitrogen and oxygen atoms in total. The standard InChI is InChI=1S/C23H28N2O8/c1-22(2)8-6-5-7-9(26)10(8)16(27)11-13(22)18(29)14-15(25(3)4)17(28)12(21(24)32)20(31)23(14,33)19(11)30/h5-7,12-15,17-18,26-29,33H,1-4H3,(H2,24,32)/t12-,13-,14-,15+,17+,18+,23+/m1/s1. The van der Waals surface area contributed by atoms with E-state index in [1.54, 1.807) is 26.0 Å². The van der Waals surface area contributed by atoms with Gasteiger partial charge in [0, 0.05) is 28.9 Å². The zero-order valence-corrected chi connectivity index (χ0v) is 18.7. The van der Waals surface area contributed by atoms with Gasteiger partial charge < -0.3 is 36.2 Å². The summed E-state index contributed by atoms with van der Waals surface area (Å²) in [6.07, 6.45) is -3.27. The predicted octanol–water partition coefficient (Wildman–Crippen LogP) is -1.17. The Morgan fingerprint density at radius 2 is 1.70 bits per heavy atom. The van der Waals surface area contributed by atoms with Crippen LogP contribution >= 0.6 is 0 Å². The van der Waals surface area contributed by atoms with E-state index < -0.39 is 75.8 Å². The summed E-state index contributed by atoms with van der Waals surface area (Å²) in [5, 5.41) is 55.5. The van der Waals surface area contributed by atoms with Crippen molar-refractivity contribution in [2.75, 3.05) is 14.1 Å². The first-order chi connectivity index (χ1) is 15.2. The molecule has 33 heavy (non-hydrogen) atoms. The number of carbonyl (C=O) groups is 3. The number of rotatable bonds is 2. The summed E-state index contributed by atoms with van der Waals surface area (Å²) in [5.74, 6) is -9.19. The molecule has 0 aromatic heterocycles. The fourth-order valence-corrected chi connectivity index (χ4v) is 6.25. The molecule has 1 aromatic carbocycles. The Bertz CT molecular complexity index is 1110. The Balaban J connectivity index is 2.05. The van der Waals surface area contributed by atoms with Gasteiger partial charge >= 0.3 is 0 Å². The molecule has 7 N–H and O–H groups in total. The van der Waals surface area contributed by atoms with E-state index >= 15 is 0 Å². The number of primary amides is 1. The number of aliphatic hydroxyl groups excluding tert-OH is 3. The van der Waals surface area contributed by atoms with E-state index in [1.807, 2.05) is 0 Å². The van der Waals surface area contributed by atoms with E-state index in [-0.39, 0.29) is 11.3 Å². The number of nitrogens with two attached hydrogens (primary N) is 1. The molecule has 2 fully saturated rings. The van der Waals surface area contributed by atoms with Gasteiger partial charge in [-0.3, -0.25) is 14.4 Å². The molecule has 0 heterocycles. The van der Waals surface area contributed by atoms with Crippen molar-refractivity contribution in [3.05, 3.63) is 34.9 Å². The highest BCUT2D eigenvalue weighted by atomic mass is 16.3. The van der Waals surface area contributed by atoms with E-state index in [4.69, 9.17) is 5.73 Å². The molecule has 0 radical (unpaired) electrons. The minimum absolute atomic E-state index is 0.0322. The third-order valence-electron chi connectivity index (χ3n) is 7.72. The number of ketones is 2.